The Morgan fingerprint density at radius 3 is 2.12 bits per heavy atom. The fourth-order valence-corrected chi connectivity index (χ4v) is 0.322. The van der Waals surface area contributed by atoms with Crippen LogP contribution in [0, 0.1) is 0 Å². The molecular weight excluding hydrogens is 104 g/mol. The third-order valence-corrected chi connectivity index (χ3v) is 0.845. The number of ether oxygens (including phenoxy) is 1. The van der Waals surface area contributed by atoms with Crippen LogP contribution in [0.4, 0.5) is 0 Å². The van der Waals surface area contributed by atoms with Crippen molar-refractivity contribution < 1.29 is 4.74 Å². The lowest BCUT2D eigenvalue weighted by molar-refractivity contribution is 0.173. The molecule has 0 aromatic carbocycles. The van der Waals surface area contributed by atoms with E-state index in [1.54, 1.807) is 14.0 Å². The molecule has 0 fully saturated rings. The van der Waals surface area contributed by atoms with Gasteiger partial charge in [0.1, 0.15) is 0 Å². The standard InChI is InChI=1S/C5H14N2O/c1-5(6,7)3-4-8-2/h3-4,6-7H2,1-2H3. The van der Waals surface area contributed by atoms with Gasteiger partial charge < -0.3 is 16.2 Å². The average Bonchev–Trinajstić information content (AvgIpc) is 1.59. The van der Waals surface area contributed by atoms with Crippen molar-refractivity contribution >= 4 is 0 Å². The Morgan fingerprint density at radius 2 is 2.00 bits per heavy atom. The first-order chi connectivity index (χ1) is 3.56. The van der Waals surface area contributed by atoms with E-state index in [1.807, 2.05) is 0 Å². The van der Waals surface area contributed by atoms with E-state index in [1.165, 1.54) is 0 Å². The molecule has 0 saturated heterocycles. The van der Waals surface area contributed by atoms with E-state index < -0.39 is 5.66 Å². The molecule has 3 heteroatoms. The van der Waals surface area contributed by atoms with Crippen LogP contribution in [-0.2, 0) is 4.74 Å². The fourth-order valence-electron chi connectivity index (χ4n) is 0.322. The summed E-state index contributed by atoms with van der Waals surface area (Å²) in [6.07, 6.45) is 0.698. The molecule has 0 aliphatic carbocycles. The highest BCUT2D eigenvalue weighted by Crippen LogP contribution is 1.93. The number of rotatable bonds is 3. The van der Waals surface area contributed by atoms with Crippen molar-refractivity contribution in [2.45, 2.75) is 19.0 Å². The fraction of sp³-hybridized carbons (Fsp3) is 1.00. The topological polar surface area (TPSA) is 61.3 Å². The van der Waals surface area contributed by atoms with Gasteiger partial charge in [0.25, 0.3) is 0 Å². The van der Waals surface area contributed by atoms with E-state index in [2.05, 4.69) is 0 Å². The molecule has 0 atom stereocenters. The SMILES string of the molecule is COCCC(C)(N)N. The minimum Gasteiger partial charge on any atom is -0.385 e. The first kappa shape index (κ1) is 7.88. The minimum atomic E-state index is -0.573. The van der Waals surface area contributed by atoms with Crippen molar-refractivity contribution in [1.82, 2.24) is 0 Å². The minimum absolute atomic E-state index is 0.573. The molecule has 0 rings (SSSR count). The lowest BCUT2D eigenvalue weighted by Gasteiger charge is -2.16. The van der Waals surface area contributed by atoms with E-state index in [4.69, 9.17) is 16.2 Å². The quantitative estimate of drug-likeness (QED) is 0.498. The van der Waals surface area contributed by atoms with E-state index in [0.717, 1.165) is 0 Å². The van der Waals surface area contributed by atoms with Gasteiger partial charge >= 0.3 is 0 Å². The van der Waals surface area contributed by atoms with Crippen LogP contribution in [0.1, 0.15) is 13.3 Å². The van der Waals surface area contributed by atoms with Crippen molar-refractivity contribution in [2.24, 2.45) is 11.5 Å². The smallest absolute Gasteiger partial charge is 0.0629 e. The molecule has 0 aromatic heterocycles. The average molecular weight is 118 g/mol. The van der Waals surface area contributed by atoms with E-state index >= 15 is 0 Å². The maximum absolute atomic E-state index is 5.42. The van der Waals surface area contributed by atoms with Gasteiger partial charge in [-0.15, -0.1) is 0 Å². The Hall–Kier alpha value is -0.120. The zero-order valence-electron chi connectivity index (χ0n) is 5.48. The second-order valence-corrected chi connectivity index (χ2v) is 2.25. The molecule has 8 heavy (non-hydrogen) atoms. The van der Waals surface area contributed by atoms with Gasteiger partial charge in [-0.25, -0.2) is 0 Å². The third kappa shape index (κ3) is 5.88. The van der Waals surface area contributed by atoms with Crippen LogP contribution in [0.15, 0.2) is 0 Å². The van der Waals surface area contributed by atoms with Crippen molar-refractivity contribution in [2.75, 3.05) is 13.7 Å². The van der Waals surface area contributed by atoms with Crippen molar-refractivity contribution in [3.8, 4) is 0 Å². The van der Waals surface area contributed by atoms with Gasteiger partial charge in [0.05, 0.1) is 5.66 Å². The summed E-state index contributed by atoms with van der Waals surface area (Å²) in [5.74, 6) is 0. The van der Waals surface area contributed by atoms with Crippen LogP contribution >= 0.6 is 0 Å². The summed E-state index contributed by atoms with van der Waals surface area (Å²) in [6.45, 7) is 2.40. The first-order valence-corrected chi connectivity index (χ1v) is 2.63. The summed E-state index contributed by atoms with van der Waals surface area (Å²) in [6, 6.07) is 0. The van der Waals surface area contributed by atoms with Crippen molar-refractivity contribution in [3.63, 3.8) is 0 Å². The maximum Gasteiger partial charge on any atom is 0.0629 e. The Labute approximate surface area is 50.0 Å². The molecule has 0 radical (unpaired) electrons. The Morgan fingerprint density at radius 1 is 1.50 bits per heavy atom. The Kier molecular flexibility index (Phi) is 2.97. The number of hydrogen-bond donors (Lipinski definition) is 2. The summed E-state index contributed by atoms with van der Waals surface area (Å²) in [7, 11) is 1.63. The highest BCUT2D eigenvalue weighted by molar-refractivity contribution is 4.67. The van der Waals surface area contributed by atoms with E-state index in [0.29, 0.717) is 13.0 Å². The lowest BCUT2D eigenvalue weighted by Crippen LogP contribution is -2.46. The molecule has 50 valence electrons. The van der Waals surface area contributed by atoms with Gasteiger partial charge in [-0.3, -0.25) is 0 Å². The molecule has 0 unspecified atom stereocenters. The molecule has 0 heterocycles. The van der Waals surface area contributed by atoms with Gasteiger partial charge in [0.15, 0.2) is 0 Å². The number of hydrogen-bond acceptors (Lipinski definition) is 3. The van der Waals surface area contributed by atoms with Gasteiger partial charge in [-0.1, -0.05) is 0 Å². The molecule has 0 aliphatic rings. The zero-order chi connectivity index (χ0) is 6.62. The zero-order valence-corrected chi connectivity index (χ0v) is 5.48. The normalized spacial score (nSPS) is 12.0. The number of methoxy groups -OCH3 is 1. The molecule has 0 spiro atoms. The highest BCUT2D eigenvalue weighted by atomic mass is 16.5. The van der Waals surface area contributed by atoms with Gasteiger partial charge in [-0.05, 0) is 6.92 Å². The Bertz CT molecular complexity index is 57.9. The summed E-state index contributed by atoms with van der Waals surface area (Å²) in [4.78, 5) is 0. The van der Waals surface area contributed by atoms with Crippen LogP contribution < -0.4 is 11.5 Å². The molecule has 0 saturated carbocycles. The Balaban J connectivity index is 3.11. The van der Waals surface area contributed by atoms with Crippen LogP contribution in [-0.4, -0.2) is 19.4 Å². The van der Waals surface area contributed by atoms with Crippen LogP contribution in [0.5, 0.6) is 0 Å². The van der Waals surface area contributed by atoms with Crippen molar-refractivity contribution in [3.05, 3.63) is 0 Å². The van der Waals surface area contributed by atoms with E-state index in [-0.39, 0.29) is 0 Å². The molecule has 0 bridgehead atoms. The lowest BCUT2D eigenvalue weighted by atomic mass is 10.2. The molecule has 0 amide bonds. The molecule has 3 nitrogen and oxygen atoms in total. The van der Waals surface area contributed by atoms with Gasteiger partial charge in [0.2, 0.25) is 0 Å². The summed E-state index contributed by atoms with van der Waals surface area (Å²) in [5, 5.41) is 0. The van der Waals surface area contributed by atoms with Crippen LogP contribution in [0.2, 0.25) is 0 Å². The second-order valence-electron chi connectivity index (χ2n) is 2.25. The predicted molar refractivity (Wildman–Crippen MR) is 33.3 cm³/mol. The van der Waals surface area contributed by atoms with Crippen LogP contribution in [0.25, 0.3) is 0 Å². The monoisotopic (exact) mass is 118 g/mol. The molecular formula is C5H14N2O. The largest absolute Gasteiger partial charge is 0.385 e. The predicted octanol–water partition coefficient (Wildman–Crippen LogP) is -0.343. The highest BCUT2D eigenvalue weighted by Gasteiger charge is 2.08. The van der Waals surface area contributed by atoms with Gasteiger partial charge in [-0.2, -0.15) is 0 Å². The number of nitrogens with two attached hydrogens (primary N) is 2. The van der Waals surface area contributed by atoms with E-state index in [9.17, 15) is 0 Å². The maximum atomic E-state index is 5.42. The van der Waals surface area contributed by atoms with Crippen LogP contribution in [0.3, 0.4) is 0 Å². The molecule has 0 aromatic rings. The second kappa shape index (κ2) is 3.02. The van der Waals surface area contributed by atoms with Crippen molar-refractivity contribution in [1.29, 1.82) is 0 Å². The molecule has 0 aliphatic heterocycles. The van der Waals surface area contributed by atoms with Gasteiger partial charge in [0, 0.05) is 20.1 Å². The third-order valence-electron chi connectivity index (χ3n) is 0.845. The first-order valence-electron chi connectivity index (χ1n) is 2.63. The summed E-state index contributed by atoms with van der Waals surface area (Å²) in [5.41, 5.74) is 10.3. The molecule has 4 N–H and O–H groups in total. The summed E-state index contributed by atoms with van der Waals surface area (Å²) < 4.78 is 4.76. The summed E-state index contributed by atoms with van der Waals surface area (Å²) >= 11 is 0.